The average molecular weight is 448 g/mol. The van der Waals surface area contributed by atoms with Crippen LogP contribution in [0.5, 0.6) is 0 Å². The molecule has 0 saturated heterocycles. The third-order valence-electron chi connectivity index (χ3n) is 5.39. The molecule has 0 amide bonds. The Hall–Kier alpha value is -2.18. The molecule has 32 heavy (non-hydrogen) atoms. The van der Waals surface area contributed by atoms with E-state index in [2.05, 4.69) is 11.9 Å². The summed E-state index contributed by atoms with van der Waals surface area (Å²) in [6.45, 7) is 6.01. The maximum absolute atomic E-state index is 14.8. The Morgan fingerprint density at radius 1 is 0.875 bits per heavy atom. The number of hydrogen-bond acceptors (Lipinski definition) is 4. The molecule has 0 fully saturated rings. The Bertz CT molecular complexity index is 773. The van der Waals surface area contributed by atoms with Gasteiger partial charge in [-0.25, -0.2) is 9.18 Å². The molecule has 5 nitrogen and oxygen atoms in total. The second kappa shape index (κ2) is 15.6. The van der Waals surface area contributed by atoms with Gasteiger partial charge in [-0.2, -0.15) is 0 Å². The first-order chi connectivity index (χ1) is 15.7. The fourth-order valence-electron chi connectivity index (χ4n) is 3.53. The summed E-state index contributed by atoms with van der Waals surface area (Å²) < 4.78 is 30.3. The van der Waals surface area contributed by atoms with E-state index < -0.39 is 11.8 Å². The molecule has 178 valence electrons. The van der Waals surface area contributed by atoms with Crippen molar-refractivity contribution in [1.29, 1.82) is 0 Å². The van der Waals surface area contributed by atoms with Gasteiger partial charge in [-0.15, -0.1) is 0 Å². The molecule has 1 heterocycles. The van der Waals surface area contributed by atoms with Crippen molar-refractivity contribution in [3.05, 3.63) is 47.5 Å². The molecule has 1 aromatic heterocycles. The Balaban J connectivity index is 1.76. The van der Waals surface area contributed by atoms with Crippen molar-refractivity contribution in [2.45, 2.75) is 65.2 Å². The lowest BCUT2D eigenvalue weighted by molar-refractivity contribution is 0.0158. The van der Waals surface area contributed by atoms with Crippen LogP contribution in [0.15, 0.2) is 30.5 Å². The van der Waals surface area contributed by atoms with Crippen LogP contribution in [0.1, 0.15) is 74.8 Å². The van der Waals surface area contributed by atoms with Crippen molar-refractivity contribution < 1.29 is 23.4 Å². The van der Waals surface area contributed by atoms with Gasteiger partial charge >= 0.3 is 5.97 Å². The lowest BCUT2D eigenvalue weighted by Crippen LogP contribution is -2.14. The first-order valence-corrected chi connectivity index (χ1v) is 12.0. The van der Waals surface area contributed by atoms with E-state index in [1.165, 1.54) is 56.7 Å². The van der Waals surface area contributed by atoms with Crippen molar-refractivity contribution in [2.75, 3.05) is 33.0 Å². The summed E-state index contributed by atoms with van der Waals surface area (Å²) in [6.07, 6.45) is 11.5. The molecule has 2 aromatic rings. The second-order valence-electron chi connectivity index (χ2n) is 7.90. The SMILES string of the molecule is CCCCCCCCCc1ccc(-c2c[nH]c(C(=O)OCCOCCOCC)c2F)cc1. The first-order valence-electron chi connectivity index (χ1n) is 12.0. The summed E-state index contributed by atoms with van der Waals surface area (Å²) in [4.78, 5) is 14.9. The third kappa shape index (κ3) is 9.13. The zero-order chi connectivity index (χ0) is 23.0. The van der Waals surface area contributed by atoms with Gasteiger partial charge in [-0.1, -0.05) is 69.7 Å². The highest BCUT2D eigenvalue weighted by Crippen LogP contribution is 2.26. The predicted octanol–water partition coefficient (Wildman–Crippen LogP) is 6.32. The fourth-order valence-corrected chi connectivity index (χ4v) is 3.53. The van der Waals surface area contributed by atoms with Gasteiger partial charge < -0.3 is 19.2 Å². The van der Waals surface area contributed by atoms with E-state index in [0.29, 0.717) is 25.4 Å². The van der Waals surface area contributed by atoms with Gasteiger partial charge in [0.1, 0.15) is 6.61 Å². The molecule has 1 N–H and O–H groups in total. The molecular formula is C26H38FNO4. The van der Waals surface area contributed by atoms with E-state index in [1.54, 1.807) is 0 Å². The highest BCUT2D eigenvalue weighted by Gasteiger charge is 2.20. The second-order valence-corrected chi connectivity index (χ2v) is 7.90. The highest BCUT2D eigenvalue weighted by molar-refractivity contribution is 5.90. The Kier molecular flexibility index (Phi) is 12.7. The molecule has 0 unspecified atom stereocenters. The summed E-state index contributed by atoms with van der Waals surface area (Å²) in [5.41, 5.74) is 2.19. The van der Waals surface area contributed by atoms with Gasteiger partial charge in [0.25, 0.3) is 0 Å². The minimum absolute atomic E-state index is 0.0616. The number of halogens is 1. The Morgan fingerprint density at radius 3 is 2.25 bits per heavy atom. The van der Waals surface area contributed by atoms with Crippen LogP contribution in [0, 0.1) is 5.82 Å². The molecule has 0 spiro atoms. The third-order valence-corrected chi connectivity index (χ3v) is 5.39. The first kappa shape index (κ1) is 26.1. The van der Waals surface area contributed by atoms with Gasteiger partial charge in [0, 0.05) is 18.4 Å². The molecule has 0 atom stereocenters. The molecule has 0 aliphatic carbocycles. The number of unbranched alkanes of at least 4 members (excludes halogenated alkanes) is 6. The quantitative estimate of drug-likeness (QED) is 0.228. The number of rotatable bonds is 17. The van der Waals surface area contributed by atoms with Crippen LogP contribution in [0.2, 0.25) is 0 Å². The van der Waals surface area contributed by atoms with Crippen molar-refractivity contribution in [3.63, 3.8) is 0 Å². The summed E-state index contributed by atoms with van der Waals surface area (Å²) >= 11 is 0. The van der Waals surface area contributed by atoms with Crippen LogP contribution in [0.25, 0.3) is 11.1 Å². The number of nitrogens with one attached hydrogen (secondary N) is 1. The van der Waals surface area contributed by atoms with Crippen LogP contribution in [0.3, 0.4) is 0 Å². The molecule has 0 aliphatic rings. The number of esters is 1. The smallest absolute Gasteiger partial charge is 0.357 e. The molecule has 0 bridgehead atoms. The zero-order valence-electron chi connectivity index (χ0n) is 19.6. The summed E-state index contributed by atoms with van der Waals surface area (Å²) in [5.74, 6) is -1.31. The predicted molar refractivity (Wildman–Crippen MR) is 125 cm³/mol. The number of benzene rings is 1. The molecular weight excluding hydrogens is 409 g/mol. The largest absolute Gasteiger partial charge is 0.458 e. The fraction of sp³-hybridized carbons (Fsp3) is 0.577. The standard InChI is InChI=1S/C26H38FNO4/c1-3-5-6-7-8-9-10-11-21-12-14-22(15-13-21)23-20-28-25(24(23)27)26(29)32-19-18-31-17-16-30-4-2/h12-15,20,28H,3-11,16-19H2,1-2H3. The number of hydrogen-bond donors (Lipinski definition) is 1. The monoisotopic (exact) mass is 447 g/mol. The van der Waals surface area contributed by atoms with Crippen molar-refractivity contribution in [3.8, 4) is 11.1 Å². The van der Waals surface area contributed by atoms with Crippen molar-refractivity contribution in [1.82, 2.24) is 4.98 Å². The molecule has 0 saturated carbocycles. The van der Waals surface area contributed by atoms with E-state index in [9.17, 15) is 9.18 Å². The molecule has 0 radical (unpaired) electrons. The van der Waals surface area contributed by atoms with Gasteiger partial charge in [-0.05, 0) is 30.9 Å². The van der Waals surface area contributed by atoms with E-state index in [-0.39, 0.29) is 18.9 Å². The number of H-pyrrole nitrogens is 1. The topological polar surface area (TPSA) is 60.6 Å². The van der Waals surface area contributed by atoms with E-state index in [4.69, 9.17) is 14.2 Å². The molecule has 6 heteroatoms. The van der Waals surface area contributed by atoms with E-state index in [0.717, 1.165) is 12.0 Å². The minimum atomic E-state index is -0.724. The molecule has 0 aliphatic heterocycles. The number of aromatic amines is 1. The van der Waals surface area contributed by atoms with Gasteiger partial charge in [0.2, 0.25) is 0 Å². The van der Waals surface area contributed by atoms with E-state index >= 15 is 0 Å². The Morgan fingerprint density at radius 2 is 1.53 bits per heavy atom. The summed E-state index contributed by atoms with van der Waals surface area (Å²) in [7, 11) is 0. The lowest BCUT2D eigenvalue weighted by atomic mass is 10.0. The molecule has 2 rings (SSSR count). The van der Waals surface area contributed by atoms with Crippen LogP contribution in [-0.4, -0.2) is 44.0 Å². The number of carbonyl (C=O) groups is 1. The maximum atomic E-state index is 14.8. The minimum Gasteiger partial charge on any atom is -0.458 e. The van der Waals surface area contributed by atoms with Crippen LogP contribution in [0.4, 0.5) is 4.39 Å². The molecule has 1 aromatic carbocycles. The average Bonchev–Trinajstić information content (AvgIpc) is 3.19. The van der Waals surface area contributed by atoms with E-state index in [1.807, 2.05) is 31.2 Å². The number of aryl methyl sites for hydroxylation is 1. The van der Waals surface area contributed by atoms with Crippen LogP contribution >= 0.6 is 0 Å². The van der Waals surface area contributed by atoms with Gasteiger partial charge in [0.15, 0.2) is 11.5 Å². The number of ether oxygens (including phenoxy) is 3. The highest BCUT2D eigenvalue weighted by atomic mass is 19.1. The van der Waals surface area contributed by atoms with Gasteiger partial charge in [-0.3, -0.25) is 0 Å². The lowest BCUT2D eigenvalue weighted by Gasteiger charge is -2.06. The van der Waals surface area contributed by atoms with Crippen molar-refractivity contribution in [2.24, 2.45) is 0 Å². The summed E-state index contributed by atoms with van der Waals surface area (Å²) in [5, 5.41) is 0. The number of carbonyl (C=O) groups excluding carboxylic acids is 1. The zero-order valence-corrected chi connectivity index (χ0v) is 19.6. The van der Waals surface area contributed by atoms with Crippen molar-refractivity contribution >= 4 is 5.97 Å². The maximum Gasteiger partial charge on any atom is 0.357 e. The Labute approximate surface area is 191 Å². The summed E-state index contributed by atoms with van der Waals surface area (Å²) in [6, 6.07) is 7.89. The van der Waals surface area contributed by atoms with Gasteiger partial charge in [0.05, 0.1) is 19.8 Å². The number of aromatic nitrogens is 1. The van der Waals surface area contributed by atoms with Crippen LogP contribution < -0.4 is 0 Å². The normalized spacial score (nSPS) is 11.1. The van der Waals surface area contributed by atoms with Crippen LogP contribution in [-0.2, 0) is 20.6 Å².